The van der Waals surface area contributed by atoms with Crippen molar-refractivity contribution in [2.24, 2.45) is 5.92 Å². The first-order chi connectivity index (χ1) is 14.9. The molecule has 162 valence electrons. The van der Waals surface area contributed by atoms with Gasteiger partial charge in [0.05, 0.1) is 23.7 Å². The molecule has 1 atom stereocenters. The van der Waals surface area contributed by atoms with Gasteiger partial charge in [-0.15, -0.1) is 0 Å². The van der Waals surface area contributed by atoms with E-state index >= 15 is 0 Å². The number of ether oxygens (including phenoxy) is 1. The Morgan fingerprint density at radius 3 is 2.55 bits per heavy atom. The second-order valence-electron chi connectivity index (χ2n) is 8.30. The molecule has 0 radical (unpaired) electrons. The van der Waals surface area contributed by atoms with Gasteiger partial charge in [-0.05, 0) is 80.5 Å². The Morgan fingerprint density at radius 1 is 1.19 bits per heavy atom. The van der Waals surface area contributed by atoms with Crippen molar-refractivity contribution in [2.45, 2.75) is 52.7 Å². The number of nitrogens with zero attached hydrogens (tertiary/aromatic N) is 1. The van der Waals surface area contributed by atoms with Gasteiger partial charge in [0, 0.05) is 5.02 Å². The molecule has 1 saturated carbocycles. The number of rotatable bonds is 8. The molecule has 1 aliphatic carbocycles. The summed E-state index contributed by atoms with van der Waals surface area (Å²) in [6.45, 7) is 6.23. The van der Waals surface area contributed by atoms with Crippen LogP contribution in [-0.4, -0.2) is 11.1 Å². The maximum absolute atomic E-state index is 12.8. The lowest BCUT2D eigenvalue weighted by Gasteiger charge is -2.21. The highest BCUT2D eigenvalue weighted by Crippen LogP contribution is 2.42. The molecule has 0 aliphatic heterocycles. The number of aryl methyl sites for hydroxylation is 3. The number of benzene rings is 2. The first-order valence-corrected chi connectivity index (χ1v) is 11.0. The van der Waals surface area contributed by atoms with Crippen molar-refractivity contribution in [3.63, 3.8) is 0 Å². The fourth-order valence-corrected chi connectivity index (χ4v) is 4.07. The second-order valence-corrected chi connectivity index (χ2v) is 8.73. The zero-order chi connectivity index (χ0) is 22.0. The molecule has 1 unspecified atom stereocenters. The van der Waals surface area contributed by atoms with E-state index in [1.165, 1.54) is 0 Å². The number of carbonyl (C=O) groups is 1. The average molecular weight is 439 g/mol. The van der Waals surface area contributed by atoms with Crippen molar-refractivity contribution in [3.8, 4) is 5.75 Å². The molecule has 0 spiro atoms. The molecule has 1 aromatic heterocycles. The fourth-order valence-electron chi connectivity index (χ4n) is 3.84. The minimum Gasteiger partial charge on any atom is -0.489 e. The fraction of sp³-hybridized carbons (Fsp3) is 0.360. The van der Waals surface area contributed by atoms with Crippen LogP contribution < -0.4 is 10.1 Å². The summed E-state index contributed by atoms with van der Waals surface area (Å²) in [7, 11) is 0. The van der Waals surface area contributed by atoms with Crippen LogP contribution in [0.5, 0.6) is 5.75 Å². The summed E-state index contributed by atoms with van der Waals surface area (Å²) in [4.78, 5) is 12.8. The highest BCUT2D eigenvalue weighted by Gasteiger charge is 2.34. The SMILES string of the molecule is Cc1cc(Cl)ccc1C(NC(=O)Cc1ccc(OCc2c(C)noc2C)cc1)C1CC1. The number of nitrogens with one attached hydrogen (secondary N) is 1. The normalized spacial score (nSPS) is 14.3. The molecule has 0 saturated heterocycles. The third kappa shape index (κ3) is 5.28. The van der Waals surface area contributed by atoms with E-state index in [1.54, 1.807) is 0 Å². The van der Waals surface area contributed by atoms with Crippen LogP contribution in [0.4, 0.5) is 0 Å². The molecule has 1 fully saturated rings. The molecule has 1 N–H and O–H groups in total. The number of halogens is 1. The molecule has 4 rings (SSSR count). The van der Waals surface area contributed by atoms with Crippen LogP contribution in [0.3, 0.4) is 0 Å². The summed E-state index contributed by atoms with van der Waals surface area (Å²) < 4.78 is 11.0. The van der Waals surface area contributed by atoms with Gasteiger partial charge in [0.25, 0.3) is 0 Å². The zero-order valence-corrected chi connectivity index (χ0v) is 18.8. The molecule has 2 aromatic carbocycles. The maximum Gasteiger partial charge on any atom is 0.224 e. The monoisotopic (exact) mass is 438 g/mol. The molecular formula is C25H27ClN2O3. The Labute approximate surface area is 187 Å². The van der Waals surface area contributed by atoms with Crippen LogP contribution in [0.2, 0.25) is 5.02 Å². The first-order valence-electron chi connectivity index (χ1n) is 10.6. The zero-order valence-electron chi connectivity index (χ0n) is 18.1. The summed E-state index contributed by atoms with van der Waals surface area (Å²) >= 11 is 6.10. The Hall–Kier alpha value is -2.79. The van der Waals surface area contributed by atoms with Gasteiger partial charge in [-0.1, -0.05) is 35.0 Å². The van der Waals surface area contributed by atoms with E-state index in [0.717, 1.165) is 57.3 Å². The number of hydrogen-bond donors (Lipinski definition) is 1. The topological polar surface area (TPSA) is 64.4 Å². The average Bonchev–Trinajstić information content (AvgIpc) is 3.52. The highest BCUT2D eigenvalue weighted by molar-refractivity contribution is 6.30. The smallest absolute Gasteiger partial charge is 0.224 e. The van der Waals surface area contributed by atoms with E-state index < -0.39 is 0 Å². The van der Waals surface area contributed by atoms with Crippen LogP contribution in [-0.2, 0) is 17.8 Å². The Bertz CT molecular complexity index is 1050. The Morgan fingerprint density at radius 2 is 1.94 bits per heavy atom. The van der Waals surface area contributed by atoms with Gasteiger partial charge in [-0.3, -0.25) is 4.79 Å². The number of aromatic nitrogens is 1. The van der Waals surface area contributed by atoms with Crippen molar-refractivity contribution < 1.29 is 14.1 Å². The van der Waals surface area contributed by atoms with Crippen LogP contribution in [0, 0.1) is 26.7 Å². The third-order valence-electron chi connectivity index (χ3n) is 5.83. The quantitative estimate of drug-likeness (QED) is 0.494. The van der Waals surface area contributed by atoms with Crippen LogP contribution in [0.25, 0.3) is 0 Å². The molecular weight excluding hydrogens is 412 g/mol. The summed E-state index contributed by atoms with van der Waals surface area (Å²) in [5.74, 6) is 2.04. The Balaban J connectivity index is 1.35. The van der Waals surface area contributed by atoms with Crippen molar-refractivity contribution in [2.75, 3.05) is 0 Å². The summed E-state index contributed by atoms with van der Waals surface area (Å²) in [6, 6.07) is 13.6. The molecule has 3 aromatic rings. The van der Waals surface area contributed by atoms with Crippen molar-refractivity contribution >= 4 is 17.5 Å². The predicted octanol–water partition coefficient (Wildman–Crippen LogP) is 5.64. The van der Waals surface area contributed by atoms with Gasteiger partial charge in [-0.2, -0.15) is 0 Å². The van der Waals surface area contributed by atoms with Gasteiger partial charge in [-0.25, -0.2) is 0 Å². The van der Waals surface area contributed by atoms with E-state index in [4.69, 9.17) is 20.9 Å². The predicted molar refractivity (Wildman–Crippen MR) is 120 cm³/mol. The molecule has 0 bridgehead atoms. The van der Waals surface area contributed by atoms with Crippen LogP contribution >= 0.6 is 11.6 Å². The van der Waals surface area contributed by atoms with Crippen molar-refractivity contribution in [3.05, 3.63) is 81.2 Å². The van der Waals surface area contributed by atoms with E-state index in [2.05, 4.69) is 10.5 Å². The molecule has 1 amide bonds. The van der Waals surface area contributed by atoms with E-state index in [9.17, 15) is 4.79 Å². The first kappa shape index (κ1) is 21.4. The molecule has 6 heteroatoms. The number of hydrogen-bond acceptors (Lipinski definition) is 4. The van der Waals surface area contributed by atoms with Crippen LogP contribution in [0.1, 0.15) is 52.6 Å². The lowest BCUT2D eigenvalue weighted by atomic mass is 9.97. The summed E-state index contributed by atoms with van der Waals surface area (Å²) in [6.07, 6.45) is 2.62. The number of amides is 1. The van der Waals surface area contributed by atoms with Gasteiger partial charge in [0.2, 0.25) is 5.91 Å². The van der Waals surface area contributed by atoms with Crippen molar-refractivity contribution in [1.82, 2.24) is 10.5 Å². The molecule has 5 nitrogen and oxygen atoms in total. The maximum atomic E-state index is 12.8. The van der Waals surface area contributed by atoms with E-state index in [-0.39, 0.29) is 11.9 Å². The largest absolute Gasteiger partial charge is 0.489 e. The third-order valence-corrected chi connectivity index (χ3v) is 6.06. The summed E-state index contributed by atoms with van der Waals surface area (Å²) in [5.41, 5.74) is 5.02. The lowest BCUT2D eigenvalue weighted by Crippen LogP contribution is -2.31. The van der Waals surface area contributed by atoms with Gasteiger partial charge < -0.3 is 14.6 Å². The van der Waals surface area contributed by atoms with E-state index in [0.29, 0.717) is 18.9 Å². The number of carbonyl (C=O) groups excluding carboxylic acids is 1. The molecule has 1 aliphatic rings. The van der Waals surface area contributed by atoms with Crippen molar-refractivity contribution in [1.29, 1.82) is 0 Å². The van der Waals surface area contributed by atoms with Gasteiger partial charge in [0.1, 0.15) is 18.1 Å². The second kappa shape index (κ2) is 9.15. The van der Waals surface area contributed by atoms with Gasteiger partial charge >= 0.3 is 0 Å². The lowest BCUT2D eigenvalue weighted by molar-refractivity contribution is -0.121. The molecule has 31 heavy (non-hydrogen) atoms. The van der Waals surface area contributed by atoms with Gasteiger partial charge in [0.15, 0.2) is 0 Å². The minimum atomic E-state index is 0.0237. The van der Waals surface area contributed by atoms with Crippen LogP contribution in [0.15, 0.2) is 47.0 Å². The standard InChI is InChI=1S/C25H27ClN2O3/c1-15-12-20(26)8-11-22(15)25(19-6-7-19)27-24(29)13-18-4-9-21(10-5-18)30-14-23-16(2)28-31-17(23)3/h4-5,8-12,19,25H,6-7,13-14H2,1-3H3,(H,27,29). The minimum absolute atomic E-state index is 0.0237. The highest BCUT2D eigenvalue weighted by atomic mass is 35.5. The Kier molecular flexibility index (Phi) is 6.33. The van der Waals surface area contributed by atoms with E-state index in [1.807, 2.05) is 63.2 Å². The summed E-state index contributed by atoms with van der Waals surface area (Å²) in [5, 5.41) is 7.91. The molecule has 1 heterocycles.